The second-order valence-corrected chi connectivity index (χ2v) is 5.72. The van der Waals surface area contributed by atoms with E-state index in [0.29, 0.717) is 0 Å². The molecular formula is C16H33NO2. The van der Waals surface area contributed by atoms with Crippen molar-refractivity contribution in [3.63, 3.8) is 0 Å². The third-order valence-electron chi connectivity index (χ3n) is 3.81. The van der Waals surface area contributed by atoms with Gasteiger partial charge in [-0.2, -0.15) is 0 Å². The normalized spacial score (nSPS) is 14.3. The Labute approximate surface area is 119 Å². The summed E-state index contributed by atoms with van der Waals surface area (Å²) in [4.78, 5) is 11.2. The SMILES string of the molecule is CCCCCCC(CCCC(N)CCCC)C(=O)O. The molecule has 0 aliphatic carbocycles. The van der Waals surface area contributed by atoms with Crippen molar-refractivity contribution in [2.45, 2.75) is 90.5 Å². The molecule has 0 saturated heterocycles. The van der Waals surface area contributed by atoms with Crippen LogP contribution in [0.4, 0.5) is 0 Å². The molecular weight excluding hydrogens is 238 g/mol. The van der Waals surface area contributed by atoms with E-state index in [2.05, 4.69) is 13.8 Å². The van der Waals surface area contributed by atoms with E-state index in [1.165, 1.54) is 25.7 Å². The number of rotatable bonds is 13. The van der Waals surface area contributed by atoms with Crippen LogP contribution in [0, 0.1) is 5.92 Å². The first-order valence-electron chi connectivity index (χ1n) is 8.10. The molecule has 0 amide bonds. The van der Waals surface area contributed by atoms with Crippen molar-refractivity contribution in [2.75, 3.05) is 0 Å². The van der Waals surface area contributed by atoms with E-state index in [9.17, 15) is 9.90 Å². The van der Waals surface area contributed by atoms with Crippen LogP contribution in [-0.2, 0) is 4.79 Å². The smallest absolute Gasteiger partial charge is 0.306 e. The number of nitrogens with two attached hydrogens (primary N) is 1. The molecule has 0 heterocycles. The van der Waals surface area contributed by atoms with Gasteiger partial charge in [-0.25, -0.2) is 0 Å². The average Bonchev–Trinajstić information content (AvgIpc) is 2.38. The highest BCUT2D eigenvalue weighted by molar-refractivity contribution is 5.69. The van der Waals surface area contributed by atoms with Crippen LogP contribution in [0.25, 0.3) is 0 Å². The molecule has 0 aliphatic rings. The molecule has 0 aromatic heterocycles. The van der Waals surface area contributed by atoms with Crippen molar-refractivity contribution in [2.24, 2.45) is 11.7 Å². The van der Waals surface area contributed by atoms with Gasteiger partial charge in [-0.3, -0.25) is 4.79 Å². The first kappa shape index (κ1) is 18.4. The maximum absolute atomic E-state index is 11.2. The second-order valence-electron chi connectivity index (χ2n) is 5.72. The van der Waals surface area contributed by atoms with Crippen molar-refractivity contribution in [1.82, 2.24) is 0 Å². The molecule has 2 unspecified atom stereocenters. The molecule has 0 saturated carbocycles. The highest BCUT2D eigenvalue weighted by atomic mass is 16.4. The summed E-state index contributed by atoms with van der Waals surface area (Å²) in [5.41, 5.74) is 6.01. The summed E-state index contributed by atoms with van der Waals surface area (Å²) in [6, 6.07) is 0.259. The minimum absolute atomic E-state index is 0.157. The van der Waals surface area contributed by atoms with Gasteiger partial charge in [0, 0.05) is 6.04 Å². The van der Waals surface area contributed by atoms with Crippen LogP contribution in [0.1, 0.15) is 84.5 Å². The maximum Gasteiger partial charge on any atom is 0.306 e. The molecule has 0 aromatic rings. The van der Waals surface area contributed by atoms with Crippen molar-refractivity contribution in [1.29, 1.82) is 0 Å². The van der Waals surface area contributed by atoms with Gasteiger partial charge in [0.15, 0.2) is 0 Å². The standard InChI is InChI=1S/C16H33NO2/c1-3-5-7-8-10-14(16(18)19)11-9-13-15(17)12-6-4-2/h14-15H,3-13,17H2,1-2H3,(H,18,19). The number of aliphatic carboxylic acids is 1. The third-order valence-corrected chi connectivity index (χ3v) is 3.81. The van der Waals surface area contributed by atoms with Crippen molar-refractivity contribution >= 4 is 5.97 Å². The van der Waals surface area contributed by atoms with Gasteiger partial charge in [-0.15, -0.1) is 0 Å². The maximum atomic E-state index is 11.2. The molecule has 3 nitrogen and oxygen atoms in total. The van der Waals surface area contributed by atoms with Crippen molar-refractivity contribution in [3.05, 3.63) is 0 Å². The van der Waals surface area contributed by atoms with Crippen LogP contribution >= 0.6 is 0 Å². The Morgan fingerprint density at radius 2 is 1.47 bits per heavy atom. The third kappa shape index (κ3) is 11.0. The molecule has 19 heavy (non-hydrogen) atoms. The fourth-order valence-corrected chi connectivity index (χ4v) is 2.45. The second kappa shape index (κ2) is 12.5. The number of hydrogen-bond donors (Lipinski definition) is 2. The monoisotopic (exact) mass is 271 g/mol. The van der Waals surface area contributed by atoms with Crippen LogP contribution < -0.4 is 5.73 Å². The predicted molar refractivity (Wildman–Crippen MR) is 81.2 cm³/mol. The summed E-state index contributed by atoms with van der Waals surface area (Å²) < 4.78 is 0. The molecule has 0 aliphatic heterocycles. The van der Waals surface area contributed by atoms with E-state index >= 15 is 0 Å². The predicted octanol–water partition coefficient (Wildman–Crippen LogP) is 4.35. The Kier molecular flexibility index (Phi) is 12.1. The first-order valence-corrected chi connectivity index (χ1v) is 8.10. The summed E-state index contributed by atoms with van der Waals surface area (Å²) in [7, 11) is 0. The van der Waals surface area contributed by atoms with Gasteiger partial charge < -0.3 is 10.8 Å². The molecule has 0 bridgehead atoms. The summed E-state index contributed by atoms with van der Waals surface area (Å²) in [6.07, 6.45) is 11.6. The van der Waals surface area contributed by atoms with Crippen LogP contribution in [0.5, 0.6) is 0 Å². The minimum atomic E-state index is -0.626. The molecule has 0 radical (unpaired) electrons. The van der Waals surface area contributed by atoms with Gasteiger partial charge in [0.25, 0.3) is 0 Å². The molecule has 0 rings (SSSR count). The van der Waals surface area contributed by atoms with E-state index in [4.69, 9.17) is 5.73 Å². The number of hydrogen-bond acceptors (Lipinski definition) is 2. The lowest BCUT2D eigenvalue weighted by atomic mass is 9.93. The molecule has 0 spiro atoms. The molecule has 3 heteroatoms. The van der Waals surface area contributed by atoms with Crippen LogP contribution in [0.3, 0.4) is 0 Å². The number of unbranched alkanes of at least 4 members (excludes halogenated alkanes) is 4. The van der Waals surface area contributed by atoms with E-state index in [1.54, 1.807) is 0 Å². The molecule has 114 valence electrons. The lowest BCUT2D eigenvalue weighted by Crippen LogP contribution is -2.21. The van der Waals surface area contributed by atoms with Crippen LogP contribution in [-0.4, -0.2) is 17.1 Å². The highest BCUT2D eigenvalue weighted by Gasteiger charge is 2.16. The van der Waals surface area contributed by atoms with E-state index in [1.807, 2.05) is 0 Å². The summed E-state index contributed by atoms with van der Waals surface area (Å²) in [5.74, 6) is -0.783. The quantitative estimate of drug-likeness (QED) is 0.490. The van der Waals surface area contributed by atoms with Gasteiger partial charge in [-0.1, -0.05) is 58.8 Å². The van der Waals surface area contributed by atoms with Crippen LogP contribution in [0.15, 0.2) is 0 Å². The summed E-state index contributed by atoms with van der Waals surface area (Å²) in [5, 5.41) is 9.21. The Balaban J connectivity index is 3.72. The Hall–Kier alpha value is -0.570. The Morgan fingerprint density at radius 3 is 2.05 bits per heavy atom. The Morgan fingerprint density at radius 1 is 0.895 bits per heavy atom. The number of carbonyl (C=O) groups is 1. The zero-order valence-electron chi connectivity index (χ0n) is 12.9. The number of carboxylic acids is 1. The summed E-state index contributed by atoms with van der Waals surface area (Å²) in [6.45, 7) is 4.34. The van der Waals surface area contributed by atoms with Gasteiger partial charge in [0.05, 0.1) is 5.92 Å². The lowest BCUT2D eigenvalue weighted by molar-refractivity contribution is -0.142. The molecule has 2 atom stereocenters. The summed E-state index contributed by atoms with van der Waals surface area (Å²) >= 11 is 0. The molecule has 0 aromatic carbocycles. The van der Waals surface area contributed by atoms with Gasteiger partial charge >= 0.3 is 5.97 Å². The van der Waals surface area contributed by atoms with E-state index in [0.717, 1.165) is 44.9 Å². The highest BCUT2D eigenvalue weighted by Crippen LogP contribution is 2.18. The fourth-order valence-electron chi connectivity index (χ4n) is 2.45. The van der Waals surface area contributed by atoms with Crippen molar-refractivity contribution < 1.29 is 9.90 Å². The fraction of sp³-hybridized carbons (Fsp3) is 0.938. The van der Waals surface area contributed by atoms with Gasteiger partial charge in [-0.05, 0) is 25.7 Å². The van der Waals surface area contributed by atoms with Crippen molar-refractivity contribution in [3.8, 4) is 0 Å². The first-order chi connectivity index (χ1) is 9.11. The molecule has 0 fully saturated rings. The largest absolute Gasteiger partial charge is 0.481 e. The topological polar surface area (TPSA) is 63.3 Å². The minimum Gasteiger partial charge on any atom is -0.481 e. The van der Waals surface area contributed by atoms with Gasteiger partial charge in [0.1, 0.15) is 0 Å². The number of carboxylic acid groups (broad SMARTS) is 1. The lowest BCUT2D eigenvalue weighted by Gasteiger charge is -2.14. The average molecular weight is 271 g/mol. The zero-order valence-corrected chi connectivity index (χ0v) is 12.9. The molecule has 3 N–H and O–H groups in total. The Bertz CT molecular complexity index is 219. The van der Waals surface area contributed by atoms with Gasteiger partial charge in [0.2, 0.25) is 0 Å². The van der Waals surface area contributed by atoms with Crippen LogP contribution in [0.2, 0.25) is 0 Å². The van der Waals surface area contributed by atoms with E-state index in [-0.39, 0.29) is 12.0 Å². The van der Waals surface area contributed by atoms with E-state index < -0.39 is 5.97 Å². The zero-order chi connectivity index (χ0) is 14.5.